The molecule has 3 aliphatic rings. The number of thiol groups is 1. The zero-order chi connectivity index (χ0) is 35.8. The summed E-state index contributed by atoms with van der Waals surface area (Å²) in [7, 11) is -2.58. The van der Waals surface area contributed by atoms with Crippen LogP contribution >= 0.6 is 25.8 Å². The van der Waals surface area contributed by atoms with E-state index in [4.69, 9.17) is 49.5 Å². The van der Waals surface area contributed by atoms with Crippen molar-refractivity contribution in [3.8, 4) is 0 Å². The summed E-state index contributed by atoms with van der Waals surface area (Å²) < 4.78 is 61.9. The molecule has 0 amide bonds. The number of pyridine rings is 1. The maximum atomic E-state index is 13.9. The zero-order valence-corrected chi connectivity index (χ0v) is 32.2. The van der Waals surface area contributed by atoms with Crippen LogP contribution < -0.4 is 11.3 Å². The van der Waals surface area contributed by atoms with Gasteiger partial charge in [-0.3, -0.25) is 27.3 Å². The monoisotopic (exact) mass is 788 g/mol. The van der Waals surface area contributed by atoms with E-state index in [0.29, 0.717) is 16.9 Å². The molecule has 3 N–H and O–H groups in total. The lowest BCUT2D eigenvalue weighted by atomic mass is 10.1. The molecular weight excluding hydrogens is 751 g/mol. The number of nitrogens with two attached hydrogens (primary N) is 1. The van der Waals surface area contributed by atoms with Gasteiger partial charge in [0, 0.05) is 37.3 Å². The lowest BCUT2D eigenvalue weighted by Gasteiger charge is -2.40. The van der Waals surface area contributed by atoms with Gasteiger partial charge in [0.2, 0.25) is 5.78 Å². The van der Waals surface area contributed by atoms with E-state index in [9.17, 15) is 14.3 Å². The van der Waals surface area contributed by atoms with E-state index in [-0.39, 0.29) is 36.0 Å². The van der Waals surface area contributed by atoms with Gasteiger partial charge >= 0.3 is 13.5 Å². The van der Waals surface area contributed by atoms with Crippen LogP contribution in [0.2, 0.25) is 18.1 Å². The van der Waals surface area contributed by atoms with Crippen LogP contribution in [0.5, 0.6) is 0 Å². The highest BCUT2D eigenvalue weighted by molar-refractivity contribution is 8.44. The minimum atomic E-state index is -4.11. The summed E-state index contributed by atoms with van der Waals surface area (Å²) in [5.74, 6) is 0.241. The summed E-state index contributed by atoms with van der Waals surface area (Å²) in [6.07, 6.45) is -0.534. The first-order valence-electron chi connectivity index (χ1n) is 15.7. The van der Waals surface area contributed by atoms with Crippen LogP contribution in [0, 0.1) is 0 Å². The van der Waals surface area contributed by atoms with Crippen molar-refractivity contribution in [2.24, 2.45) is 0 Å². The minimum absolute atomic E-state index is 0.112. The van der Waals surface area contributed by atoms with Crippen molar-refractivity contribution in [1.82, 2.24) is 33.9 Å². The van der Waals surface area contributed by atoms with Crippen LogP contribution in [0.1, 0.15) is 39.6 Å². The largest absolute Gasteiger partial charge is 0.408 e. The summed E-state index contributed by atoms with van der Waals surface area (Å²) in [4.78, 5) is 32.9. The minimum Gasteiger partial charge on any atom is -0.408 e. The molecule has 2 bridgehead atoms. The average molecular weight is 789 g/mol. The van der Waals surface area contributed by atoms with E-state index in [1.807, 2.05) is 13.1 Å². The van der Waals surface area contributed by atoms with Gasteiger partial charge in [0.25, 0.3) is 5.56 Å². The number of aromatic nitrogens is 7. The molecule has 4 aromatic rings. The number of rotatable bonds is 4. The van der Waals surface area contributed by atoms with Crippen LogP contribution in [-0.4, -0.2) is 90.9 Å². The Morgan fingerprint density at radius 2 is 1.84 bits per heavy atom. The van der Waals surface area contributed by atoms with Gasteiger partial charge in [-0.25, -0.2) is 14.5 Å². The second-order valence-corrected chi connectivity index (χ2v) is 24.2. The maximum Gasteiger partial charge on any atom is 0.386 e. The van der Waals surface area contributed by atoms with Crippen molar-refractivity contribution in [2.45, 2.75) is 88.3 Å². The van der Waals surface area contributed by atoms with Gasteiger partial charge in [-0.15, -0.1) is 5.10 Å². The fourth-order valence-corrected chi connectivity index (χ4v) is 10.1. The number of nitrogen functional groups attached to an aromatic ring is 1. The van der Waals surface area contributed by atoms with Crippen LogP contribution in [0.3, 0.4) is 0 Å². The molecule has 2 unspecified atom stereocenters. The number of hydrogen-bond acceptors (Lipinski definition) is 15. The topological polar surface area (TPSA) is 211 Å². The van der Waals surface area contributed by atoms with Gasteiger partial charge in [-0.1, -0.05) is 38.2 Å². The predicted octanol–water partition coefficient (Wildman–Crippen LogP) is 3.57. The van der Waals surface area contributed by atoms with Gasteiger partial charge in [0.15, 0.2) is 31.9 Å². The fraction of sp³-hybridized carbons (Fsp3) is 0.593. The number of ether oxygens (including phenoxy) is 2. The molecule has 7 heterocycles. The highest BCUT2D eigenvalue weighted by atomic mass is 32.7. The summed E-state index contributed by atoms with van der Waals surface area (Å²) in [6.45, 7) is 1.44. The molecule has 9 atom stereocenters. The summed E-state index contributed by atoms with van der Waals surface area (Å²) >= 11 is 9.89. The van der Waals surface area contributed by atoms with E-state index in [0.717, 1.165) is 0 Å². The summed E-state index contributed by atoms with van der Waals surface area (Å²) in [5, 5.41) is 8.03. The lowest BCUT2D eigenvalue weighted by molar-refractivity contribution is -0.0600. The normalized spacial score (nSPS) is 34.3. The smallest absolute Gasteiger partial charge is 0.386 e. The van der Waals surface area contributed by atoms with Gasteiger partial charge in [-0.05, 0) is 36.0 Å². The highest BCUT2D eigenvalue weighted by Crippen LogP contribution is 2.58. The molecule has 50 heavy (non-hydrogen) atoms. The molecule has 0 aliphatic carbocycles. The van der Waals surface area contributed by atoms with Crippen molar-refractivity contribution in [3.63, 3.8) is 0 Å². The van der Waals surface area contributed by atoms with Crippen LogP contribution in [0.25, 0.3) is 16.9 Å². The van der Waals surface area contributed by atoms with Crippen molar-refractivity contribution in [3.05, 3.63) is 47.3 Å². The molecule has 272 valence electrons. The number of imidazole rings is 1. The third kappa shape index (κ3) is 6.89. The standard InChI is InChI=1S/C27H38N8O10P2S2Si/c1-27(2,3)50(4,5)45-22-18-14-40-46(37,48)43-16-12-20(35-24-21(31-32-35)15(28)6-8-29-24)41-17(16)13-39-47(38,49)44-23(22)25(42-18)34-10-7-19(36)33-11-9-30-26(33)34/h6-11,16-18,20,22-23,25H,12-14H2,1-5H3,(H2,28,29)(H,37,48)(H,38,49)/t16-,17+,18+,20+,22+,23+,25+,46?,47?/m0/s1. The molecule has 4 aromatic heterocycles. The summed E-state index contributed by atoms with van der Waals surface area (Å²) in [5.41, 5.74) is 6.87. The molecule has 3 saturated heterocycles. The zero-order valence-electron chi connectivity index (χ0n) is 27.7. The van der Waals surface area contributed by atoms with Crippen molar-refractivity contribution >= 4 is 68.5 Å². The average Bonchev–Trinajstić information content (AvgIpc) is 3.81. The van der Waals surface area contributed by atoms with Crippen molar-refractivity contribution in [1.29, 1.82) is 0 Å². The van der Waals surface area contributed by atoms with E-state index < -0.39 is 64.8 Å². The number of nitrogens with zero attached hydrogens (tertiary/aromatic N) is 7. The Morgan fingerprint density at radius 1 is 1.08 bits per heavy atom. The molecule has 0 radical (unpaired) electrons. The van der Waals surface area contributed by atoms with E-state index >= 15 is 0 Å². The van der Waals surface area contributed by atoms with Gasteiger partial charge in [0.1, 0.15) is 30.5 Å². The number of fused-ring (bicyclic) bond motifs is 5. The second-order valence-electron chi connectivity index (χ2n) is 13.8. The molecule has 7 rings (SSSR count). The number of hydrogen-bond donors (Lipinski definition) is 3. The number of anilines is 1. The van der Waals surface area contributed by atoms with Crippen molar-refractivity contribution in [2.75, 3.05) is 18.9 Å². The molecule has 3 aliphatic heterocycles. The molecular formula is C27H38N8O10P2S2Si. The van der Waals surface area contributed by atoms with Gasteiger partial charge in [0.05, 0.1) is 18.9 Å². The van der Waals surface area contributed by atoms with Gasteiger partial charge in [-0.2, -0.15) is 4.68 Å². The Labute approximate surface area is 297 Å². The van der Waals surface area contributed by atoms with Crippen molar-refractivity contribution < 1.29 is 41.5 Å². The Morgan fingerprint density at radius 3 is 2.60 bits per heavy atom. The SMILES string of the molecule is CC(C)(C)[Si](C)(C)O[C@H]1[C@H]2OP(O)(=S)OC[C@H]3O[C@@H](n4nnc5c(N)ccnc54)C[C@@H]3OP(=O)(S)OC[C@H]1O[C@H]2n1ccc(=O)n2ccnc12. The maximum absolute atomic E-state index is 13.9. The molecule has 0 spiro atoms. The Kier molecular flexibility index (Phi) is 9.49. The van der Waals surface area contributed by atoms with E-state index in [1.54, 1.807) is 10.6 Å². The third-order valence-corrected chi connectivity index (χ3v) is 17.1. The molecule has 23 heteroatoms. The summed E-state index contributed by atoms with van der Waals surface area (Å²) in [6, 6.07) is 2.95. The molecule has 18 nitrogen and oxygen atoms in total. The van der Waals surface area contributed by atoms with Crippen LogP contribution in [0.4, 0.5) is 5.69 Å². The van der Waals surface area contributed by atoms with E-state index in [2.05, 4.69) is 53.3 Å². The second kappa shape index (κ2) is 13.1. The van der Waals surface area contributed by atoms with Crippen LogP contribution in [0.15, 0.2) is 41.7 Å². The lowest BCUT2D eigenvalue weighted by Crippen LogP contribution is -2.50. The Bertz CT molecular complexity index is 2080. The van der Waals surface area contributed by atoms with Gasteiger partial charge < -0.3 is 29.1 Å². The first kappa shape index (κ1) is 36.3. The Hall–Kier alpha value is -2.10. The van der Waals surface area contributed by atoms with Crippen LogP contribution in [-0.2, 0) is 48.4 Å². The quantitative estimate of drug-likeness (QED) is 0.153. The first-order valence-corrected chi connectivity index (χ1v) is 23.9. The predicted molar refractivity (Wildman–Crippen MR) is 188 cm³/mol. The molecule has 0 aromatic carbocycles. The molecule has 0 saturated carbocycles. The highest BCUT2D eigenvalue weighted by Gasteiger charge is 2.54. The Balaban J connectivity index is 1.24. The third-order valence-electron chi connectivity index (χ3n) is 9.44. The molecule has 3 fully saturated rings. The first-order chi connectivity index (χ1) is 23.4. The fourth-order valence-electron chi connectivity index (χ4n) is 5.87. The van der Waals surface area contributed by atoms with E-state index in [1.165, 1.54) is 39.9 Å².